The highest BCUT2D eigenvalue weighted by atomic mass is 32.2. The van der Waals surface area contributed by atoms with Crippen molar-refractivity contribution in [2.75, 3.05) is 39.3 Å². The van der Waals surface area contributed by atoms with Crippen molar-refractivity contribution in [2.45, 2.75) is 69.5 Å². The number of methoxy groups -OCH3 is 4. The summed E-state index contributed by atoms with van der Waals surface area (Å²) in [7, 11) is 1.30. The monoisotopic (exact) mass is 667 g/mol. The van der Waals surface area contributed by atoms with Crippen molar-refractivity contribution < 1.29 is 37.0 Å². The number of aryl methyl sites for hydroxylation is 1. The molecule has 0 aromatic heterocycles. The molecule has 47 heavy (non-hydrogen) atoms. The van der Waals surface area contributed by atoms with Gasteiger partial charge in [-0.05, 0) is 56.5 Å². The lowest BCUT2D eigenvalue weighted by atomic mass is 9.95. The number of nitrogens with zero attached hydrogens (tertiary/aromatic N) is 2. The highest BCUT2D eigenvalue weighted by Gasteiger charge is 2.35. The van der Waals surface area contributed by atoms with Gasteiger partial charge in [-0.2, -0.15) is 0 Å². The fraction of sp³-hybridized carbons (Fsp3) is 0.429. The predicted molar refractivity (Wildman–Crippen MR) is 180 cm³/mol. The molecule has 12 heteroatoms. The fourth-order valence-electron chi connectivity index (χ4n) is 5.77. The van der Waals surface area contributed by atoms with E-state index in [1.807, 2.05) is 31.2 Å². The number of carbonyl (C=O) groups excluding carboxylic acids is 2. The first-order valence-corrected chi connectivity index (χ1v) is 17.1. The van der Waals surface area contributed by atoms with Crippen molar-refractivity contribution in [1.29, 1.82) is 0 Å². The summed E-state index contributed by atoms with van der Waals surface area (Å²) in [6.07, 6.45) is 4.99. The topological polar surface area (TPSA) is 124 Å². The normalized spacial score (nSPS) is 14.1. The molecular weight excluding hydrogens is 622 g/mol. The van der Waals surface area contributed by atoms with Gasteiger partial charge < -0.3 is 29.2 Å². The maximum absolute atomic E-state index is 14.5. The number of benzene rings is 3. The van der Waals surface area contributed by atoms with Gasteiger partial charge in [0.25, 0.3) is 10.0 Å². The molecule has 1 saturated carbocycles. The number of hydrogen-bond acceptors (Lipinski definition) is 8. The van der Waals surface area contributed by atoms with Gasteiger partial charge in [-0.3, -0.25) is 13.9 Å². The van der Waals surface area contributed by atoms with Gasteiger partial charge in [0.1, 0.15) is 24.1 Å². The molecule has 2 amide bonds. The van der Waals surface area contributed by atoms with Gasteiger partial charge in [-0.25, -0.2) is 8.42 Å². The van der Waals surface area contributed by atoms with Gasteiger partial charge in [0.2, 0.25) is 11.8 Å². The number of nitrogens with one attached hydrogen (secondary N) is 1. The fourth-order valence-corrected chi connectivity index (χ4v) is 7.20. The molecule has 4 rings (SSSR count). The number of rotatable bonds is 14. The van der Waals surface area contributed by atoms with Crippen LogP contribution in [0.15, 0.2) is 65.6 Å². The van der Waals surface area contributed by atoms with Crippen molar-refractivity contribution in [1.82, 2.24) is 10.2 Å². The Balaban J connectivity index is 1.78. The van der Waals surface area contributed by atoms with E-state index in [9.17, 15) is 18.0 Å². The third kappa shape index (κ3) is 8.48. The van der Waals surface area contributed by atoms with E-state index in [4.69, 9.17) is 18.9 Å². The molecule has 0 bridgehead atoms. The van der Waals surface area contributed by atoms with E-state index in [0.29, 0.717) is 11.5 Å². The molecule has 1 N–H and O–H groups in total. The zero-order chi connectivity index (χ0) is 34.1. The minimum Gasteiger partial charge on any atom is -0.497 e. The van der Waals surface area contributed by atoms with Crippen LogP contribution >= 0.6 is 0 Å². The molecule has 1 aliphatic carbocycles. The van der Waals surface area contributed by atoms with Crippen LogP contribution in [-0.2, 0) is 26.2 Å². The molecule has 11 nitrogen and oxygen atoms in total. The van der Waals surface area contributed by atoms with Crippen molar-refractivity contribution in [2.24, 2.45) is 0 Å². The molecule has 0 saturated heterocycles. The van der Waals surface area contributed by atoms with Crippen LogP contribution in [0.25, 0.3) is 0 Å². The molecule has 1 aliphatic rings. The van der Waals surface area contributed by atoms with Crippen LogP contribution in [0.3, 0.4) is 0 Å². The Labute approximate surface area is 277 Å². The first kappa shape index (κ1) is 35.4. The summed E-state index contributed by atoms with van der Waals surface area (Å²) in [5.41, 5.74) is 1.89. The second-order valence-corrected chi connectivity index (χ2v) is 13.5. The van der Waals surface area contributed by atoms with E-state index in [1.54, 1.807) is 19.1 Å². The summed E-state index contributed by atoms with van der Waals surface area (Å²) in [6, 6.07) is 15.7. The minimum absolute atomic E-state index is 0.0394. The summed E-state index contributed by atoms with van der Waals surface area (Å²) in [5, 5.41) is 3.12. The van der Waals surface area contributed by atoms with Crippen LogP contribution in [0.1, 0.15) is 50.2 Å². The Morgan fingerprint density at radius 1 is 0.851 bits per heavy atom. The zero-order valence-electron chi connectivity index (χ0n) is 27.9. The van der Waals surface area contributed by atoms with E-state index in [0.717, 1.165) is 47.5 Å². The summed E-state index contributed by atoms with van der Waals surface area (Å²) in [4.78, 5) is 29.3. The molecule has 254 valence electrons. The van der Waals surface area contributed by atoms with E-state index in [2.05, 4.69) is 5.32 Å². The maximum atomic E-state index is 14.5. The van der Waals surface area contributed by atoms with Crippen LogP contribution in [0.5, 0.6) is 23.0 Å². The Hall–Kier alpha value is -4.45. The highest BCUT2D eigenvalue weighted by molar-refractivity contribution is 7.92. The number of carbonyl (C=O) groups is 2. The van der Waals surface area contributed by atoms with Crippen LogP contribution in [0, 0.1) is 6.92 Å². The van der Waals surface area contributed by atoms with Crippen molar-refractivity contribution in [3.8, 4) is 23.0 Å². The Kier molecular flexibility index (Phi) is 12.0. The smallest absolute Gasteiger partial charge is 0.265 e. The highest BCUT2D eigenvalue weighted by Crippen LogP contribution is 2.38. The SMILES string of the molecule is COc1ccc(OC)c(N(CC(=O)N(Cc2cccc(C)c2)[C@H](C)C(=O)NC2CCCCC2)S(=O)(=O)c2ccc(OC)c(OC)c2)c1. The molecule has 0 radical (unpaired) electrons. The lowest BCUT2D eigenvalue weighted by Gasteiger charge is -2.33. The lowest BCUT2D eigenvalue weighted by molar-refractivity contribution is -0.139. The molecule has 3 aromatic rings. The second kappa shape index (κ2) is 15.9. The number of sulfonamides is 1. The molecule has 0 heterocycles. The van der Waals surface area contributed by atoms with E-state index in [1.165, 1.54) is 57.6 Å². The van der Waals surface area contributed by atoms with Crippen LogP contribution < -0.4 is 28.6 Å². The third-order valence-corrected chi connectivity index (χ3v) is 10.2. The van der Waals surface area contributed by atoms with Crippen LogP contribution in [-0.4, -0.2) is 72.2 Å². The van der Waals surface area contributed by atoms with Gasteiger partial charge in [0, 0.05) is 24.7 Å². The Morgan fingerprint density at radius 2 is 1.53 bits per heavy atom. The number of ether oxygens (including phenoxy) is 4. The number of hydrogen-bond donors (Lipinski definition) is 1. The molecule has 0 aliphatic heterocycles. The molecule has 0 unspecified atom stereocenters. The quantitative estimate of drug-likeness (QED) is 0.252. The maximum Gasteiger partial charge on any atom is 0.265 e. The van der Waals surface area contributed by atoms with E-state index >= 15 is 0 Å². The minimum atomic E-state index is -4.43. The third-order valence-electron chi connectivity index (χ3n) is 8.43. The summed E-state index contributed by atoms with van der Waals surface area (Å²) in [5.74, 6) is 0.244. The van der Waals surface area contributed by atoms with Gasteiger partial charge in [0.05, 0.1) is 39.0 Å². The van der Waals surface area contributed by atoms with Crippen molar-refractivity contribution >= 4 is 27.5 Å². The molecule has 1 fully saturated rings. The first-order valence-electron chi connectivity index (χ1n) is 15.6. The molecule has 1 atom stereocenters. The average molecular weight is 668 g/mol. The van der Waals surface area contributed by atoms with Crippen molar-refractivity contribution in [3.63, 3.8) is 0 Å². The Morgan fingerprint density at radius 3 is 2.17 bits per heavy atom. The summed E-state index contributed by atoms with van der Waals surface area (Å²) >= 11 is 0. The largest absolute Gasteiger partial charge is 0.497 e. The van der Waals surface area contributed by atoms with Crippen LogP contribution in [0.2, 0.25) is 0 Å². The van der Waals surface area contributed by atoms with E-state index < -0.39 is 28.5 Å². The first-order chi connectivity index (χ1) is 22.5. The predicted octanol–water partition coefficient (Wildman–Crippen LogP) is 5.09. The average Bonchev–Trinajstić information content (AvgIpc) is 3.08. The Bertz CT molecular complexity index is 1660. The van der Waals surface area contributed by atoms with Gasteiger partial charge in [0.15, 0.2) is 11.5 Å². The zero-order valence-corrected chi connectivity index (χ0v) is 28.8. The lowest BCUT2D eigenvalue weighted by Crippen LogP contribution is -2.53. The molecule has 0 spiro atoms. The van der Waals surface area contributed by atoms with E-state index in [-0.39, 0.29) is 40.6 Å². The van der Waals surface area contributed by atoms with Gasteiger partial charge >= 0.3 is 0 Å². The molecular formula is C35H45N3O8S. The summed E-state index contributed by atoms with van der Waals surface area (Å²) in [6.45, 7) is 3.08. The van der Waals surface area contributed by atoms with Gasteiger partial charge in [-0.1, -0.05) is 49.1 Å². The number of amides is 2. The van der Waals surface area contributed by atoms with Crippen molar-refractivity contribution in [3.05, 3.63) is 71.8 Å². The molecule has 3 aromatic carbocycles. The van der Waals surface area contributed by atoms with Crippen LogP contribution in [0.4, 0.5) is 5.69 Å². The second-order valence-electron chi connectivity index (χ2n) is 11.6. The standard InChI is InChI=1S/C35H45N3O8S/c1-24-11-10-12-26(19-24)22-37(25(2)35(40)36-27-13-8-7-9-14-27)34(39)23-38(30-20-28(43-3)15-17-31(30)44-4)47(41,42)29-16-18-32(45-5)33(21-29)46-6/h10-12,15-21,25,27H,7-9,13-14,22-23H2,1-6H3,(H,36,40)/t25-/m1/s1. The number of anilines is 1. The summed E-state index contributed by atoms with van der Waals surface area (Å²) < 4.78 is 51.6. The van der Waals surface area contributed by atoms with Gasteiger partial charge in [-0.15, -0.1) is 0 Å².